The lowest BCUT2D eigenvalue weighted by atomic mass is 9.83. The maximum absolute atomic E-state index is 12.5. The van der Waals surface area contributed by atoms with Crippen LogP contribution in [0.15, 0.2) is 22.0 Å². The Balaban J connectivity index is 1.58. The molecule has 0 bridgehead atoms. The van der Waals surface area contributed by atoms with Gasteiger partial charge in [-0.25, -0.2) is 9.59 Å². The molecular formula is C27H48N4O5. The number of unbranched alkanes of at least 4 members (excludes halogenated alkanes) is 2. The van der Waals surface area contributed by atoms with Gasteiger partial charge in [-0.3, -0.25) is 18.3 Å². The first-order chi connectivity index (χ1) is 16.9. The second-order valence-electron chi connectivity index (χ2n) is 11.2. The minimum absolute atomic E-state index is 0.0219. The van der Waals surface area contributed by atoms with Crippen LogP contribution in [0.2, 0.25) is 0 Å². The van der Waals surface area contributed by atoms with Gasteiger partial charge in [-0.15, -0.1) is 0 Å². The Kier molecular flexibility index (Phi) is 10.9. The quantitative estimate of drug-likeness (QED) is 0.303. The summed E-state index contributed by atoms with van der Waals surface area (Å²) in [5.74, 6) is 0.0664. The van der Waals surface area contributed by atoms with Crippen molar-refractivity contribution in [1.82, 2.24) is 18.3 Å². The molecule has 2 heterocycles. The number of aromatic hydroxyl groups is 2. The summed E-state index contributed by atoms with van der Waals surface area (Å²) in [6.07, 6.45) is 10.7. The molecule has 0 aliphatic heterocycles. The summed E-state index contributed by atoms with van der Waals surface area (Å²) in [5, 5.41) is 20.2. The summed E-state index contributed by atoms with van der Waals surface area (Å²) in [5.41, 5.74) is -0.573. The van der Waals surface area contributed by atoms with Gasteiger partial charge in [0.1, 0.15) is 0 Å². The lowest BCUT2D eigenvalue weighted by molar-refractivity contribution is 0.119. The molecule has 0 fully saturated rings. The third-order valence-electron chi connectivity index (χ3n) is 7.20. The molecule has 2 N–H and O–H groups in total. The third kappa shape index (κ3) is 8.05. The SMILES string of the molecule is CCn1cc(O)n(CCCC(C)(C)CCCCOCCCCC(C)(C)n2c(O)cn(CC)c2=O)c1=O. The van der Waals surface area contributed by atoms with E-state index in [1.54, 1.807) is 0 Å². The van der Waals surface area contributed by atoms with E-state index in [9.17, 15) is 19.8 Å². The van der Waals surface area contributed by atoms with E-state index in [1.807, 2.05) is 27.7 Å². The van der Waals surface area contributed by atoms with Crippen LogP contribution in [-0.2, 0) is 29.9 Å². The van der Waals surface area contributed by atoms with Gasteiger partial charge in [0, 0.05) is 38.4 Å². The molecule has 2 aromatic rings. The summed E-state index contributed by atoms with van der Waals surface area (Å²) < 4.78 is 11.8. The van der Waals surface area contributed by atoms with Crippen LogP contribution in [0.5, 0.6) is 11.8 Å². The number of hydrogen-bond acceptors (Lipinski definition) is 5. The van der Waals surface area contributed by atoms with E-state index in [-0.39, 0.29) is 28.6 Å². The van der Waals surface area contributed by atoms with E-state index in [0.29, 0.717) is 26.2 Å². The maximum atomic E-state index is 12.5. The highest BCUT2D eigenvalue weighted by Crippen LogP contribution is 2.29. The summed E-state index contributed by atoms with van der Waals surface area (Å²) in [6, 6.07) is 0. The Labute approximate surface area is 215 Å². The molecule has 0 spiro atoms. The van der Waals surface area contributed by atoms with Crippen LogP contribution >= 0.6 is 0 Å². The van der Waals surface area contributed by atoms with Gasteiger partial charge in [-0.2, -0.15) is 0 Å². The lowest BCUT2D eigenvalue weighted by Gasteiger charge is -2.26. The van der Waals surface area contributed by atoms with Crippen molar-refractivity contribution in [2.45, 2.75) is 118 Å². The number of hydrogen-bond donors (Lipinski definition) is 2. The van der Waals surface area contributed by atoms with Crippen molar-refractivity contribution in [2.75, 3.05) is 13.2 Å². The lowest BCUT2D eigenvalue weighted by Crippen LogP contribution is -2.36. The topological polar surface area (TPSA) is 104 Å². The van der Waals surface area contributed by atoms with Crippen LogP contribution in [0.3, 0.4) is 0 Å². The molecule has 206 valence electrons. The highest BCUT2D eigenvalue weighted by molar-refractivity contribution is 5.09. The fourth-order valence-corrected chi connectivity index (χ4v) is 4.85. The summed E-state index contributed by atoms with van der Waals surface area (Å²) in [7, 11) is 0. The molecule has 9 nitrogen and oxygen atoms in total. The molecule has 0 aliphatic carbocycles. The monoisotopic (exact) mass is 508 g/mol. The molecule has 0 atom stereocenters. The maximum Gasteiger partial charge on any atom is 0.331 e. The standard InChI is InChI=1S/C27H48N4O5/c1-7-28-20-22(32)30(24(28)34)17-13-15-26(3,4)14-9-11-18-36-19-12-10-16-27(5,6)31-23(33)21-29(8-2)25(31)35/h20-21,32-33H,7-19H2,1-6H3. The molecule has 0 saturated carbocycles. The van der Waals surface area contributed by atoms with E-state index < -0.39 is 5.54 Å². The van der Waals surface area contributed by atoms with Crippen LogP contribution in [0, 0.1) is 5.41 Å². The van der Waals surface area contributed by atoms with Gasteiger partial charge in [0.05, 0.1) is 12.4 Å². The Morgan fingerprint density at radius 3 is 1.83 bits per heavy atom. The molecule has 2 aromatic heterocycles. The third-order valence-corrected chi connectivity index (χ3v) is 7.20. The van der Waals surface area contributed by atoms with Crippen LogP contribution < -0.4 is 11.4 Å². The van der Waals surface area contributed by atoms with Gasteiger partial charge in [-0.1, -0.05) is 20.3 Å². The number of nitrogens with zero attached hydrogens (tertiary/aromatic N) is 4. The van der Waals surface area contributed by atoms with E-state index in [2.05, 4.69) is 13.8 Å². The van der Waals surface area contributed by atoms with Crippen molar-refractivity contribution in [3.8, 4) is 11.8 Å². The van der Waals surface area contributed by atoms with Crippen molar-refractivity contribution >= 4 is 0 Å². The van der Waals surface area contributed by atoms with Gasteiger partial charge < -0.3 is 14.9 Å². The Bertz CT molecular complexity index is 1060. The zero-order valence-corrected chi connectivity index (χ0v) is 23.3. The Morgan fingerprint density at radius 1 is 0.750 bits per heavy atom. The highest BCUT2D eigenvalue weighted by Gasteiger charge is 2.26. The second-order valence-corrected chi connectivity index (χ2v) is 11.2. The summed E-state index contributed by atoms with van der Waals surface area (Å²) >= 11 is 0. The first-order valence-corrected chi connectivity index (χ1v) is 13.5. The fourth-order valence-electron chi connectivity index (χ4n) is 4.85. The Hall–Kier alpha value is -2.42. The number of aryl methyl sites for hydroxylation is 2. The molecular weight excluding hydrogens is 460 g/mol. The zero-order valence-electron chi connectivity index (χ0n) is 23.3. The first-order valence-electron chi connectivity index (χ1n) is 13.5. The minimum Gasteiger partial charge on any atom is -0.493 e. The van der Waals surface area contributed by atoms with Crippen molar-refractivity contribution in [2.24, 2.45) is 5.41 Å². The van der Waals surface area contributed by atoms with E-state index in [0.717, 1.165) is 58.0 Å². The van der Waals surface area contributed by atoms with Crippen molar-refractivity contribution < 1.29 is 14.9 Å². The van der Waals surface area contributed by atoms with E-state index in [1.165, 1.54) is 30.7 Å². The summed E-state index contributed by atoms with van der Waals surface area (Å²) in [6.45, 7) is 15.4. The average molecular weight is 509 g/mol. The van der Waals surface area contributed by atoms with Crippen LogP contribution in [0.4, 0.5) is 0 Å². The second kappa shape index (κ2) is 13.2. The minimum atomic E-state index is -0.445. The molecule has 2 rings (SSSR count). The van der Waals surface area contributed by atoms with Crippen molar-refractivity contribution in [1.29, 1.82) is 0 Å². The van der Waals surface area contributed by atoms with Crippen LogP contribution in [0.25, 0.3) is 0 Å². The van der Waals surface area contributed by atoms with Crippen molar-refractivity contribution in [3.63, 3.8) is 0 Å². The number of aromatic nitrogens is 4. The van der Waals surface area contributed by atoms with Gasteiger partial charge in [0.15, 0.2) is 0 Å². The largest absolute Gasteiger partial charge is 0.493 e. The van der Waals surface area contributed by atoms with Gasteiger partial charge >= 0.3 is 11.4 Å². The molecule has 0 aliphatic rings. The van der Waals surface area contributed by atoms with Gasteiger partial charge in [0.25, 0.3) is 0 Å². The molecule has 0 unspecified atom stereocenters. The first kappa shape index (κ1) is 29.8. The number of rotatable bonds is 17. The van der Waals surface area contributed by atoms with Gasteiger partial charge in [0.2, 0.25) is 11.8 Å². The molecule has 0 amide bonds. The highest BCUT2D eigenvalue weighted by atomic mass is 16.5. The van der Waals surface area contributed by atoms with Crippen LogP contribution in [0.1, 0.15) is 92.9 Å². The number of imidazole rings is 2. The van der Waals surface area contributed by atoms with Crippen molar-refractivity contribution in [3.05, 3.63) is 33.4 Å². The fraction of sp³-hybridized carbons (Fsp3) is 0.778. The predicted molar refractivity (Wildman–Crippen MR) is 143 cm³/mol. The van der Waals surface area contributed by atoms with Gasteiger partial charge in [-0.05, 0) is 78.1 Å². The average Bonchev–Trinajstić information content (AvgIpc) is 3.26. The summed E-state index contributed by atoms with van der Waals surface area (Å²) in [4.78, 5) is 24.6. The molecule has 0 saturated heterocycles. The Morgan fingerprint density at radius 2 is 1.28 bits per heavy atom. The van der Waals surface area contributed by atoms with Crippen LogP contribution in [-0.4, -0.2) is 41.7 Å². The normalized spacial score (nSPS) is 12.5. The molecule has 36 heavy (non-hydrogen) atoms. The van der Waals surface area contributed by atoms with E-state index >= 15 is 0 Å². The predicted octanol–water partition coefficient (Wildman–Crippen LogP) is 4.66. The zero-order chi connectivity index (χ0) is 26.9. The molecule has 9 heteroatoms. The number of ether oxygens (including phenoxy) is 1. The molecule has 0 aromatic carbocycles. The smallest absolute Gasteiger partial charge is 0.331 e. The van der Waals surface area contributed by atoms with E-state index in [4.69, 9.17) is 4.74 Å². The molecule has 0 radical (unpaired) electrons.